The summed E-state index contributed by atoms with van der Waals surface area (Å²) in [7, 11) is 1.81. The highest BCUT2D eigenvalue weighted by atomic mass is 35.5. The zero-order valence-corrected chi connectivity index (χ0v) is 18.5. The van der Waals surface area contributed by atoms with Crippen molar-refractivity contribution in [2.75, 3.05) is 20.1 Å². The van der Waals surface area contributed by atoms with Gasteiger partial charge in [0.1, 0.15) is 18.3 Å². The van der Waals surface area contributed by atoms with E-state index in [2.05, 4.69) is 23.7 Å². The number of nitrogens with zero attached hydrogens (tertiary/aromatic N) is 5. The highest BCUT2D eigenvalue weighted by Gasteiger charge is 2.27. The van der Waals surface area contributed by atoms with Crippen molar-refractivity contribution in [3.05, 3.63) is 53.8 Å². The van der Waals surface area contributed by atoms with Gasteiger partial charge >= 0.3 is 0 Å². The van der Waals surface area contributed by atoms with Crippen molar-refractivity contribution in [3.63, 3.8) is 0 Å². The van der Waals surface area contributed by atoms with E-state index in [9.17, 15) is 4.79 Å². The van der Waals surface area contributed by atoms with Crippen LogP contribution in [0.3, 0.4) is 0 Å². The van der Waals surface area contributed by atoms with E-state index in [0.717, 1.165) is 49.6 Å². The maximum atomic E-state index is 12.7. The second-order valence-corrected chi connectivity index (χ2v) is 7.51. The number of carbonyl (C=O) groups is 1. The summed E-state index contributed by atoms with van der Waals surface area (Å²) in [6.07, 6.45) is 5.69. The molecule has 4 rings (SSSR count). The summed E-state index contributed by atoms with van der Waals surface area (Å²) in [6.45, 7) is 7.67. The van der Waals surface area contributed by atoms with Crippen LogP contribution in [-0.4, -0.2) is 50.4 Å². The molecule has 1 aliphatic rings. The van der Waals surface area contributed by atoms with Crippen LogP contribution in [0.1, 0.15) is 48.4 Å². The third-order valence-electron chi connectivity index (χ3n) is 5.21. The number of hydrogen-bond donors (Lipinski definition) is 0. The minimum Gasteiger partial charge on any atom is -0.443 e. The molecule has 160 valence electrons. The lowest BCUT2D eigenvalue weighted by atomic mass is 10.1. The Morgan fingerprint density at radius 3 is 2.63 bits per heavy atom. The molecule has 8 heteroatoms. The molecule has 2 aromatic heterocycles. The van der Waals surface area contributed by atoms with Gasteiger partial charge in [0.05, 0.1) is 29.2 Å². The van der Waals surface area contributed by atoms with Gasteiger partial charge in [-0.2, -0.15) is 0 Å². The van der Waals surface area contributed by atoms with Gasteiger partial charge in [0, 0.05) is 13.6 Å². The standard InChI is InChI=1S/C22H27N5O2.ClH/c1-4-10-26(11-5-2)12-16-14-29-21(24-16)20-19-13-25(3)22(28)17-8-6-7-9-18(17)27(19)15-23-20;/h6-9,14-15H,4-5,10-13H2,1-3H3;1H. The van der Waals surface area contributed by atoms with Gasteiger partial charge in [-0.25, -0.2) is 9.97 Å². The van der Waals surface area contributed by atoms with Gasteiger partial charge in [0.25, 0.3) is 5.91 Å². The van der Waals surface area contributed by atoms with Crippen LogP contribution in [0.15, 0.2) is 41.3 Å². The van der Waals surface area contributed by atoms with E-state index in [0.29, 0.717) is 23.7 Å². The number of oxazole rings is 1. The number of imidazole rings is 1. The minimum atomic E-state index is -0.00174. The molecule has 30 heavy (non-hydrogen) atoms. The SMILES string of the molecule is CCCN(CCC)Cc1coc(-c2ncn3c2CN(C)C(=O)c2ccccc2-3)n1.Cl. The molecule has 0 N–H and O–H groups in total. The van der Waals surface area contributed by atoms with Crippen LogP contribution in [-0.2, 0) is 13.1 Å². The molecule has 0 saturated carbocycles. The number of fused-ring (bicyclic) bond motifs is 3. The molecule has 0 bridgehead atoms. The zero-order valence-electron chi connectivity index (χ0n) is 17.7. The Labute approximate surface area is 183 Å². The molecule has 7 nitrogen and oxygen atoms in total. The summed E-state index contributed by atoms with van der Waals surface area (Å²) in [5.41, 5.74) is 3.99. The van der Waals surface area contributed by atoms with E-state index in [1.54, 1.807) is 24.5 Å². The molecule has 0 unspecified atom stereocenters. The summed E-state index contributed by atoms with van der Waals surface area (Å²) in [5.74, 6) is 0.500. The van der Waals surface area contributed by atoms with Gasteiger partial charge in [-0.05, 0) is 38.1 Å². The van der Waals surface area contributed by atoms with Crippen LogP contribution in [0.4, 0.5) is 0 Å². The number of rotatable bonds is 7. The molecule has 0 fully saturated rings. The highest BCUT2D eigenvalue weighted by Crippen LogP contribution is 2.30. The Morgan fingerprint density at radius 1 is 1.17 bits per heavy atom. The topological polar surface area (TPSA) is 67.4 Å². The molecule has 0 saturated heterocycles. The van der Waals surface area contributed by atoms with E-state index < -0.39 is 0 Å². The van der Waals surface area contributed by atoms with Crippen LogP contribution in [0.25, 0.3) is 17.3 Å². The van der Waals surface area contributed by atoms with Crippen LogP contribution in [0.5, 0.6) is 0 Å². The van der Waals surface area contributed by atoms with Gasteiger partial charge in [-0.15, -0.1) is 12.4 Å². The molecule has 3 heterocycles. The summed E-state index contributed by atoms with van der Waals surface area (Å²) < 4.78 is 7.77. The first-order valence-electron chi connectivity index (χ1n) is 10.2. The maximum Gasteiger partial charge on any atom is 0.256 e. The maximum absolute atomic E-state index is 12.7. The van der Waals surface area contributed by atoms with Crippen molar-refractivity contribution in [3.8, 4) is 17.3 Å². The minimum absolute atomic E-state index is 0. The molecule has 0 atom stereocenters. The second-order valence-electron chi connectivity index (χ2n) is 7.51. The number of carbonyl (C=O) groups excluding carboxylic acids is 1. The summed E-state index contributed by atoms with van der Waals surface area (Å²) in [5, 5.41) is 0. The summed E-state index contributed by atoms with van der Waals surface area (Å²) in [4.78, 5) is 26.1. The number of amides is 1. The second kappa shape index (κ2) is 9.45. The van der Waals surface area contributed by atoms with Crippen LogP contribution >= 0.6 is 12.4 Å². The zero-order chi connectivity index (χ0) is 20.4. The fourth-order valence-corrected chi connectivity index (χ4v) is 3.90. The van der Waals surface area contributed by atoms with Gasteiger partial charge in [-0.3, -0.25) is 14.3 Å². The van der Waals surface area contributed by atoms with Crippen molar-refractivity contribution in [1.82, 2.24) is 24.3 Å². The van der Waals surface area contributed by atoms with Crippen LogP contribution in [0, 0.1) is 0 Å². The monoisotopic (exact) mass is 429 g/mol. The third-order valence-corrected chi connectivity index (χ3v) is 5.21. The number of aromatic nitrogens is 3. The average molecular weight is 430 g/mol. The normalized spacial score (nSPS) is 13.1. The van der Waals surface area contributed by atoms with Gasteiger partial charge in [0.2, 0.25) is 5.89 Å². The van der Waals surface area contributed by atoms with Gasteiger partial charge in [0.15, 0.2) is 0 Å². The predicted molar refractivity (Wildman–Crippen MR) is 118 cm³/mol. The Hall–Kier alpha value is -2.64. The van der Waals surface area contributed by atoms with Crippen molar-refractivity contribution >= 4 is 18.3 Å². The molecule has 0 aliphatic carbocycles. The molecule has 3 aromatic rings. The Balaban J connectivity index is 0.00000256. The molecular formula is C22H28ClN5O2. The summed E-state index contributed by atoms with van der Waals surface area (Å²) >= 11 is 0. The lowest BCUT2D eigenvalue weighted by Crippen LogP contribution is -2.25. The molecule has 1 amide bonds. The van der Waals surface area contributed by atoms with Crippen molar-refractivity contribution in [2.45, 2.75) is 39.8 Å². The summed E-state index contributed by atoms with van der Waals surface area (Å²) in [6, 6.07) is 7.60. The first-order valence-corrected chi connectivity index (χ1v) is 10.2. The Morgan fingerprint density at radius 2 is 1.90 bits per heavy atom. The lowest BCUT2D eigenvalue weighted by Gasteiger charge is -2.19. The fraction of sp³-hybridized carbons (Fsp3) is 0.409. The average Bonchev–Trinajstić information content (AvgIpc) is 3.32. The number of hydrogen-bond acceptors (Lipinski definition) is 5. The Kier molecular flexibility index (Phi) is 6.95. The van der Waals surface area contributed by atoms with E-state index in [-0.39, 0.29) is 18.3 Å². The smallest absolute Gasteiger partial charge is 0.256 e. The van der Waals surface area contributed by atoms with E-state index in [4.69, 9.17) is 9.40 Å². The quantitative estimate of drug-likeness (QED) is 0.564. The predicted octanol–water partition coefficient (Wildman–Crippen LogP) is 4.16. The first-order chi connectivity index (χ1) is 14.1. The molecule has 1 aromatic carbocycles. The lowest BCUT2D eigenvalue weighted by molar-refractivity contribution is 0.0788. The number of para-hydroxylation sites is 1. The molecule has 1 aliphatic heterocycles. The fourth-order valence-electron chi connectivity index (χ4n) is 3.90. The molecular weight excluding hydrogens is 402 g/mol. The van der Waals surface area contributed by atoms with Crippen molar-refractivity contribution in [2.24, 2.45) is 0 Å². The van der Waals surface area contributed by atoms with Crippen molar-refractivity contribution in [1.29, 1.82) is 0 Å². The van der Waals surface area contributed by atoms with Gasteiger partial charge in [-0.1, -0.05) is 26.0 Å². The van der Waals surface area contributed by atoms with E-state index in [1.165, 1.54) is 0 Å². The highest BCUT2D eigenvalue weighted by molar-refractivity contribution is 5.98. The Bertz CT molecular complexity index is 1010. The third kappa shape index (κ3) is 4.13. The number of benzene rings is 1. The first kappa shape index (κ1) is 22.1. The van der Waals surface area contributed by atoms with Crippen LogP contribution in [0.2, 0.25) is 0 Å². The van der Waals surface area contributed by atoms with Crippen molar-refractivity contribution < 1.29 is 9.21 Å². The van der Waals surface area contributed by atoms with Gasteiger partial charge < -0.3 is 9.32 Å². The van der Waals surface area contributed by atoms with E-state index >= 15 is 0 Å². The van der Waals surface area contributed by atoms with E-state index in [1.807, 2.05) is 28.8 Å². The van der Waals surface area contributed by atoms with Crippen LogP contribution < -0.4 is 0 Å². The molecule has 0 spiro atoms. The molecule has 0 radical (unpaired) electrons. The number of halogens is 1. The largest absolute Gasteiger partial charge is 0.443 e.